The minimum Gasteiger partial charge on any atom is -0.369 e. The Morgan fingerprint density at radius 3 is 2.52 bits per heavy atom. The number of carbonyl (C=O) groups excluding carboxylic acids is 2. The molecule has 0 aromatic heterocycles. The number of sulfone groups is 1. The van der Waals surface area contributed by atoms with E-state index in [-0.39, 0.29) is 36.2 Å². The minimum absolute atomic E-state index is 0.0655. The summed E-state index contributed by atoms with van der Waals surface area (Å²) in [5.41, 5.74) is 1.54. The molecule has 9 nitrogen and oxygen atoms in total. The number of anilines is 1. The first kappa shape index (κ1) is 21.8. The van der Waals surface area contributed by atoms with Crippen LogP contribution in [0.15, 0.2) is 35.4 Å². The van der Waals surface area contributed by atoms with Gasteiger partial charge in [0, 0.05) is 57.8 Å². The number of benzene rings is 1. The zero-order valence-corrected chi connectivity index (χ0v) is 18.4. The number of rotatable bonds is 6. The van der Waals surface area contributed by atoms with E-state index < -0.39 is 15.9 Å². The average Bonchev–Trinajstić information content (AvgIpc) is 3.14. The Morgan fingerprint density at radius 2 is 1.84 bits per heavy atom. The number of hydrazone groups is 1. The fourth-order valence-electron chi connectivity index (χ4n) is 4.29. The second-order valence-electron chi connectivity index (χ2n) is 8.26. The molecule has 10 heteroatoms. The quantitative estimate of drug-likeness (QED) is 0.663. The molecule has 168 valence electrons. The number of para-hydroxylation sites is 1. The number of piperazine rings is 1. The van der Waals surface area contributed by atoms with Gasteiger partial charge in [0.1, 0.15) is 5.71 Å². The minimum atomic E-state index is -3.13. The number of hydrogen-bond acceptors (Lipinski definition) is 7. The van der Waals surface area contributed by atoms with E-state index in [2.05, 4.69) is 32.4 Å². The smallest absolute Gasteiger partial charge is 0.267 e. The maximum Gasteiger partial charge on any atom is 0.267 e. The molecule has 0 spiro atoms. The number of carbonyl (C=O) groups is 2. The fraction of sp³-hybridized carbons (Fsp3) is 0.571. The number of amides is 2. The zero-order valence-electron chi connectivity index (χ0n) is 17.6. The van der Waals surface area contributed by atoms with Crippen LogP contribution in [0.5, 0.6) is 0 Å². The lowest BCUT2D eigenvalue weighted by atomic mass is 10.1. The molecule has 1 aromatic carbocycles. The summed E-state index contributed by atoms with van der Waals surface area (Å²) in [6, 6.07) is 9.90. The van der Waals surface area contributed by atoms with Crippen molar-refractivity contribution in [2.45, 2.75) is 25.3 Å². The van der Waals surface area contributed by atoms with E-state index in [1.807, 2.05) is 18.2 Å². The largest absolute Gasteiger partial charge is 0.369 e. The third kappa shape index (κ3) is 5.43. The Hall–Kier alpha value is -2.46. The summed E-state index contributed by atoms with van der Waals surface area (Å²) in [5, 5.41) is 8.35. The molecule has 0 aliphatic carbocycles. The van der Waals surface area contributed by atoms with Crippen molar-refractivity contribution in [1.29, 1.82) is 0 Å². The molecule has 2 fully saturated rings. The van der Waals surface area contributed by atoms with E-state index >= 15 is 0 Å². The van der Waals surface area contributed by atoms with Gasteiger partial charge in [-0.25, -0.2) is 13.4 Å². The van der Waals surface area contributed by atoms with Crippen LogP contribution in [-0.2, 0) is 19.4 Å². The van der Waals surface area contributed by atoms with Crippen molar-refractivity contribution in [2.24, 2.45) is 5.10 Å². The van der Waals surface area contributed by atoms with E-state index in [0.717, 1.165) is 32.7 Å². The lowest BCUT2D eigenvalue weighted by Gasteiger charge is -2.36. The predicted octanol–water partition coefficient (Wildman–Crippen LogP) is 0.0903. The molecule has 0 bridgehead atoms. The van der Waals surface area contributed by atoms with Gasteiger partial charge in [-0.1, -0.05) is 18.2 Å². The Morgan fingerprint density at radius 1 is 1.10 bits per heavy atom. The Balaban J connectivity index is 1.23. The van der Waals surface area contributed by atoms with Gasteiger partial charge in [0.05, 0.1) is 17.5 Å². The third-order valence-electron chi connectivity index (χ3n) is 6.08. The maximum absolute atomic E-state index is 12.5. The van der Waals surface area contributed by atoms with Gasteiger partial charge in [0.25, 0.3) is 5.91 Å². The third-order valence-corrected chi connectivity index (χ3v) is 7.83. The summed E-state index contributed by atoms with van der Waals surface area (Å²) in [5.74, 6) is -0.501. The van der Waals surface area contributed by atoms with Crippen LogP contribution < -0.4 is 10.2 Å². The van der Waals surface area contributed by atoms with Crippen LogP contribution in [0, 0.1) is 0 Å². The van der Waals surface area contributed by atoms with Gasteiger partial charge in [-0.05, 0) is 18.6 Å². The van der Waals surface area contributed by atoms with E-state index in [1.165, 1.54) is 10.7 Å². The van der Waals surface area contributed by atoms with Crippen LogP contribution >= 0.6 is 0 Å². The van der Waals surface area contributed by atoms with Crippen molar-refractivity contribution >= 4 is 33.1 Å². The normalized spacial score (nSPS) is 24.2. The van der Waals surface area contributed by atoms with E-state index in [1.54, 1.807) is 0 Å². The first-order chi connectivity index (χ1) is 14.9. The molecule has 1 aromatic rings. The molecule has 0 saturated carbocycles. The highest BCUT2D eigenvalue weighted by Gasteiger charge is 2.37. The van der Waals surface area contributed by atoms with Gasteiger partial charge < -0.3 is 10.2 Å². The molecule has 1 atom stereocenters. The van der Waals surface area contributed by atoms with Crippen LogP contribution in [0.25, 0.3) is 0 Å². The van der Waals surface area contributed by atoms with Gasteiger partial charge in [-0.3, -0.25) is 14.5 Å². The summed E-state index contributed by atoms with van der Waals surface area (Å²) in [6.45, 7) is 5.03. The van der Waals surface area contributed by atoms with Gasteiger partial charge >= 0.3 is 0 Å². The number of hydrogen-bond donors (Lipinski definition) is 1. The average molecular weight is 448 g/mol. The molecular weight excluding hydrogens is 418 g/mol. The van der Waals surface area contributed by atoms with Crippen molar-refractivity contribution in [3.8, 4) is 0 Å². The van der Waals surface area contributed by atoms with Crippen molar-refractivity contribution < 1.29 is 18.0 Å². The SMILES string of the molecule is O=C(NCCN1CCN(c2ccccc2)CC1)C1=NN(C2CCS(=O)(=O)C2)C(=O)CC1. The molecular formula is C21H29N5O4S. The monoisotopic (exact) mass is 447 g/mol. The van der Waals surface area contributed by atoms with Gasteiger partial charge in [-0.15, -0.1) is 0 Å². The Kier molecular flexibility index (Phi) is 6.57. The van der Waals surface area contributed by atoms with Gasteiger partial charge in [0.15, 0.2) is 9.84 Å². The van der Waals surface area contributed by atoms with Crippen LogP contribution in [0.3, 0.4) is 0 Å². The summed E-state index contributed by atoms with van der Waals surface area (Å²) >= 11 is 0. The molecule has 3 heterocycles. The van der Waals surface area contributed by atoms with E-state index in [0.29, 0.717) is 18.7 Å². The molecule has 2 saturated heterocycles. The molecule has 0 radical (unpaired) electrons. The summed E-state index contributed by atoms with van der Waals surface area (Å²) in [4.78, 5) is 29.4. The lowest BCUT2D eigenvalue weighted by molar-refractivity contribution is -0.133. The van der Waals surface area contributed by atoms with Crippen molar-refractivity contribution in [2.75, 3.05) is 55.7 Å². The molecule has 3 aliphatic heterocycles. The van der Waals surface area contributed by atoms with E-state index in [9.17, 15) is 18.0 Å². The predicted molar refractivity (Wildman–Crippen MR) is 119 cm³/mol. The molecule has 3 aliphatic rings. The Bertz CT molecular complexity index is 942. The standard InChI is InChI=1S/C21H29N5O4S/c27-20-7-6-19(23-26(20)18-8-15-31(29,30)16-18)21(28)22-9-10-24-11-13-25(14-12-24)17-4-2-1-3-5-17/h1-5,18H,6-16H2,(H,22,28). The zero-order chi connectivity index (χ0) is 21.8. The highest BCUT2D eigenvalue weighted by atomic mass is 32.2. The molecule has 2 amide bonds. The van der Waals surface area contributed by atoms with Gasteiger partial charge in [0.2, 0.25) is 5.91 Å². The molecule has 1 unspecified atom stereocenters. The van der Waals surface area contributed by atoms with Gasteiger partial charge in [-0.2, -0.15) is 5.10 Å². The number of nitrogens with zero attached hydrogens (tertiary/aromatic N) is 4. The topological polar surface area (TPSA) is 102 Å². The molecule has 1 N–H and O–H groups in total. The van der Waals surface area contributed by atoms with Crippen LogP contribution in [0.1, 0.15) is 19.3 Å². The second kappa shape index (κ2) is 9.35. The van der Waals surface area contributed by atoms with Crippen LogP contribution in [-0.4, -0.2) is 92.7 Å². The van der Waals surface area contributed by atoms with E-state index in [4.69, 9.17) is 0 Å². The summed E-state index contributed by atoms with van der Waals surface area (Å²) in [7, 11) is -3.13. The maximum atomic E-state index is 12.5. The lowest BCUT2D eigenvalue weighted by Crippen LogP contribution is -2.49. The van der Waals surface area contributed by atoms with Crippen LogP contribution in [0.2, 0.25) is 0 Å². The van der Waals surface area contributed by atoms with Crippen molar-refractivity contribution in [3.63, 3.8) is 0 Å². The summed E-state index contributed by atoms with van der Waals surface area (Å²) < 4.78 is 23.4. The molecule has 4 rings (SSSR count). The number of nitrogens with one attached hydrogen (secondary N) is 1. The van der Waals surface area contributed by atoms with Crippen molar-refractivity contribution in [3.05, 3.63) is 30.3 Å². The highest BCUT2D eigenvalue weighted by Crippen LogP contribution is 2.22. The second-order valence-corrected chi connectivity index (χ2v) is 10.5. The highest BCUT2D eigenvalue weighted by molar-refractivity contribution is 7.91. The first-order valence-corrected chi connectivity index (χ1v) is 12.6. The van der Waals surface area contributed by atoms with Crippen LogP contribution in [0.4, 0.5) is 5.69 Å². The fourth-order valence-corrected chi connectivity index (χ4v) is 5.98. The van der Waals surface area contributed by atoms with Crippen molar-refractivity contribution in [1.82, 2.24) is 15.2 Å². The summed E-state index contributed by atoms with van der Waals surface area (Å²) in [6.07, 6.45) is 0.849. The Labute approximate surface area is 183 Å². The first-order valence-electron chi connectivity index (χ1n) is 10.8. The molecule has 31 heavy (non-hydrogen) atoms.